The summed E-state index contributed by atoms with van der Waals surface area (Å²) in [4.78, 5) is 22.9. The number of ether oxygens (including phenoxy) is 1. The predicted octanol–water partition coefficient (Wildman–Crippen LogP) is 5.47. The minimum atomic E-state index is -0.440. The molecule has 4 rings (SSSR count). The normalized spacial score (nSPS) is 11.1. The zero-order valence-corrected chi connectivity index (χ0v) is 16.2. The fraction of sp³-hybridized carbons (Fsp3) is 0.0417. The monoisotopic (exact) mass is 398 g/mol. The van der Waals surface area contributed by atoms with Gasteiger partial charge >= 0.3 is 5.97 Å². The molecule has 0 amide bonds. The van der Waals surface area contributed by atoms with Gasteiger partial charge in [0.05, 0.1) is 28.8 Å². The van der Waals surface area contributed by atoms with Crippen molar-refractivity contribution in [3.63, 3.8) is 0 Å². The minimum Gasteiger partial charge on any atom is -0.465 e. The average molecular weight is 398 g/mol. The molecule has 0 aliphatic carbocycles. The molecule has 30 heavy (non-hydrogen) atoms. The number of nitrogens with zero attached hydrogens (tertiary/aromatic N) is 2. The van der Waals surface area contributed by atoms with Crippen molar-refractivity contribution in [1.29, 1.82) is 0 Å². The molecule has 0 bridgehead atoms. The number of non-ortho nitro benzene ring substituents is 1. The Morgan fingerprint density at radius 2 is 1.70 bits per heavy atom. The first-order chi connectivity index (χ1) is 14.6. The summed E-state index contributed by atoms with van der Waals surface area (Å²) >= 11 is 0. The van der Waals surface area contributed by atoms with Crippen LogP contribution in [-0.4, -0.2) is 22.4 Å². The van der Waals surface area contributed by atoms with Gasteiger partial charge in [-0.15, -0.1) is 0 Å². The highest BCUT2D eigenvalue weighted by atomic mass is 16.6. The number of hydrogen-bond acceptors (Lipinski definition) is 4. The number of esters is 1. The summed E-state index contributed by atoms with van der Waals surface area (Å²) in [6.45, 7) is 0. The van der Waals surface area contributed by atoms with Crippen LogP contribution in [0, 0.1) is 10.1 Å². The van der Waals surface area contributed by atoms with E-state index in [-0.39, 0.29) is 5.69 Å². The van der Waals surface area contributed by atoms with Crippen LogP contribution in [0.25, 0.3) is 28.9 Å². The van der Waals surface area contributed by atoms with E-state index in [1.54, 1.807) is 18.2 Å². The molecule has 0 N–H and O–H groups in total. The highest BCUT2D eigenvalue weighted by Gasteiger charge is 2.18. The summed E-state index contributed by atoms with van der Waals surface area (Å²) in [7, 11) is 1.34. The van der Waals surface area contributed by atoms with Gasteiger partial charge in [-0.05, 0) is 47.5 Å². The van der Waals surface area contributed by atoms with Crippen molar-refractivity contribution in [1.82, 2.24) is 4.40 Å². The summed E-state index contributed by atoms with van der Waals surface area (Å²) in [5.41, 5.74) is 4.55. The molecule has 148 valence electrons. The van der Waals surface area contributed by atoms with Gasteiger partial charge in [0.2, 0.25) is 0 Å². The van der Waals surface area contributed by atoms with Crippen molar-refractivity contribution >= 4 is 29.3 Å². The number of rotatable bonds is 5. The van der Waals surface area contributed by atoms with Crippen molar-refractivity contribution in [2.75, 3.05) is 7.11 Å². The van der Waals surface area contributed by atoms with Crippen molar-refractivity contribution in [2.45, 2.75) is 0 Å². The third kappa shape index (κ3) is 3.58. The Morgan fingerprint density at radius 1 is 0.967 bits per heavy atom. The lowest BCUT2D eigenvalue weighted by molar-refractivity contribution is -0.384. The van der Waals surface area contributed by atoms with E-state index in [2.05, 4.69) is 0 Å². The molecule has 4 aromatic rings. The maximum atomic E-state index is 12.4. The smallest absolute Gasteiger partial charge is 0.340 e. The molecule has 0 radical (unpaired) electrons. The molecule has 0 aliphatic rings. The second kappa shape index (κ2) is 8.05. The molecule has 2 aromatic heterocycles. The van der Waals surface area contributed by atoms with Crippen LogP contribution in [-0.2, 0) is 4.74 Å². The Hall–Kier alpha value is -4.19. The number of methoxy groups -OCH3 is 1. The topological polar surface area (TPSA) is 73.8 Å². The minimum absolute atomic E-state index is 0.0111. The molecule has 6 nitrogen and oxygen atoms in total. The molecule has 0 aliphatic heterocycles. The van der Waals surface area contributed by atoms with Gasteiger partial charge < -0.3 is 9.14 Å². The zero-order chi connectivity index (χ0) is 21.1. The second-order valence-corrected chi connectivity index (χ2v) is 6.65. The Labute approximate surface area is 172 Å². The summed E-state index contributed by atoms with van der Waals surface area (Å²) in [6.07, 6.45) is 3.96. The van der Waals surface area contributed by atoms with Gasteiger partial charge in [0, 0.05) is 17.8 Å². The van der Waals surface area contributed by atoms with Gasteiger partial charge in [-0.3, -0.25) is 10.1 Å². The first-order valence-corrected chi connectivity index (χ1v) is 9.29. The molecule has 0 saturated carbocycles. The highest BCUT2D eigenvalue weighted by Crippen LogP contribution is 2.30. The van der Waals surface area contributed by atoms with E-state index in [1.165, 1.54) is 19.2 Å². The third-order valence-electron chi connectivity index (χ3n) is 4.84. The maximum Gasteiger partial charge on any atom is 0.340 e. The number of aromatic nitrogens is 1. The van der Waals surface area contributed by atoms with E-state index < -0.39 is 10.9 Å². The Bertz CT molecular complexity index is 1260. The summed E-state index contributed by atoms with van der Waals surface area (Å²) in [6, 6.07) is 23.6. The molecular formula is C24H18N2O4. The highest BCUT2D eigenvalue weighted by molar-refractivity contribution is 6.00. The molecular weight excluding hydrogens is 380 g/mol. The Balaban J connectivity index is 1.91. The van der Waals surface area contributed by atoms with Crippen molar-refractivity contribution in [2.24, 2.45) is 0 Å². The molecule has 6 heteroatoms. The standard InChI is InChI=1S/C24H18N2O4/c1-30-24(27)21-16-23(18-11-14-20(15-12-18)26(28)29)25-19(8-5-9-22(21)25)13-10-17-6-3-2-4-7-17/h2-16H,1H3/b13-10+. The lowest BCUT2D eigenvalue weighted by atomic mass is 10.1. The van der Waals surface area contributed by atoms with Gasteiger partial charge in [0.25, 0.3) is 5.69 Å². The molecule has 0 spiro atoms. The van der Waals surface area contributed by atoms with Crippen LogP contribution in [0.1, 0.15) is 21.6 Å². The van der Waals surface area contributed by atoms with E-state index in [1.807, 2.05) is 65.1 Å². The summed E-state index contributed by atoms with van der Waals surface area (Å²) < 4.78 is 6.90. The van der Waals surface area contributed by atoms with Crippen LogP contribution in [0.3, 0.4) is 0 Å². The van der Waals surface area contributed by atoms with Crippen LogP contribution in [0.15, 0.2) is 78.9 Å². The number of nitro benzene ring substituents is 1. The number of carbonyl (C=O) groups excluding carboxylic acids is 1. The Kier molecular flexibility index (Phi) is 5.13. The van der Waals surface area contributed by atoms with Crippen LogP contribution in [0.4, 0.5) is 5.69 Å². The van der Waals surface area contributed by atoms with Gasteiger partial charge in [0.15, 0.2) is 0 Å². The second-order valence-electron chi connectivity index (χ2n) is 6.65. The maximum absolute atomic E-state index is 12.4. The van der Waals surface area contributed by atoms with Crippen LogP contribution in [0.5, 0.6) is 0 Å². The lowest BCUT2D eigenvalue weighted by Gasteiger charge is -2.08. The summed E-state index contributed by atoms with van der Waals surface area (Å²) in [5.74, 6) is -0.440. The number of carbonyl (C=O) groups is 1. The molecule has 2 heterocycles. The van der Waals surface area contributed by atoms with Gasteiger partial charge in [-0.25, -0.2) is 4.79 Å². The van der Waals surface area contributed by atoms with Crippen LogP contribution < -0.4 is 0 Å². The quantitative estimate of drug-likeness (QED) is 0.254. The fourth-order valence-electron chi connectivity index (χ4n) is 3.40. The third-order valence-corrected chi connectivity index (χ3v) is 4.84. The number of nitro groups is 1. The first-order valence-electron chi connectivity index (χ1n) is 9.29. The van der Waals surface area contributed by atoms with E-state index in [9.17, 15) is 14.9 Å². The van der Waals surface area contributed by atoms with Crippen LogP contribution >= 0.6 is 0 Å². The number of fused-ring (bicyclic) bond motifs is 1. The Morgan fingerprint density at radius 3 is 2.37 bits per heavy atom. The largest absolute Gasteiger partial charge is 0.465 e. The van der Waals surface area contributed by atoms with Gasteiger partial charge in [-0.1, -0.05) is 42.5 Å². The lowest BCUT2D eigenvalue weighted by Crippen LogP contribution is -2.00. The molecule has 0 fully saturated rings. The number of pyridine rings is 1. The van der Waals surface area contributed by atoms with Crippen molar-refractivity contribution in [3.8, 4) is 11.3 Å². The molecule has 0 saturated heterocycles. The average Bonchev–Trinajstić information content (AvgIpc) is 3.18. The number of benzene rings is 2. The van der Waals surface area contributed by atoms with E-state index >= 15 is 0 Å². The SMILES string of the molecule is COC(=O)c1cc(-c2ccc([N+](=O)[O-])cc2)n2c(/C=C/c3ccccc3)cccc12. The van der Waals surface area contributed by atoms with Gasteiger partial charge in [0.1, 0.15) is 0 Å². The van der Waals surface area contributed by atoms with Crippen molar-refractivity contribution < 1.29 is 14.5 Å². The van der Waals surface area contributed by atoms with E-state index in [4.69, 9.17) is 4.74 Å². The zero-order valence-electron chi connectivity index (χ0n) is 16.2. The number of hydrogen-bond donors (Lipinski definition) is 0. The van der Waals surface area contributed by atoms with Crippen LogP contribution in [0.2, 0.25) is 0 Å². The van der Waals surface area contributed by atoms with E-state index in [0.29, 0.717) is 11.1 Å². The van der Waals surface area contributed by atoms with E-state index in [0.717, 1.165) is 22.5 Å². The van der Waals surface area contributed by atoms with Gasteiger partial charge in [-0.2, -0.15) is 0 Å². The molecule has 0 atom stereocenters. The summed E-state index contributed by atoms with van der Waals surface area (Å²) in [5, 5.41) is 11.0. The van der Waals surface area contributed by atoms with Crippen molar-refractivity contribution in [3.05, 3.63) is 106 Å². The molecule has 2 aromatic carbocycles. The fourth-order valence-corrected chi connectivity index (χ4v) is 3.40. The predicted molar refractivity (Wildman–Crippen MR) is 116 cm³/mol. The molecule has 0 unspecified atom stereocenters. The first kappa shape index (κ1) is 19.1.